The predicted octanol–water partition coefficient (Wildman–Crippen LogP) is 1.41. The Bertz CT molecular complexity index is 495. The first kappa shape index (κ1) is 14.0. The number of nitrogens with one attached hydrogen (secondary N) is 1. The van der Waals surface area contributed by atoms with Gasteiger partial charge >= 0.3 is 0 Å². The molecular formula is C15H22N2O2. The van der Waals surface area contributed by atoms with E-state index in [1.54, 1.807) is 11.8 Å². The molecule has 2 N–H and O–H groups in total. The first-order valence-corrected chi connectivity index (χ1v) is 6.64. The van der Waals surface area contributed by atoms with Gasteiger partial charge in [-0.3, -0.25) is 4.79 Å². The van der Waals surface area contributed by atoms with Crippen molar-refractivity contribution in [2.75, 3.05) is 18.5 Å². The number of carbonyl (C=O) groups is 1. The lowest BCUT2D eigenvalue weighted by Gasteiger charge is -2.17. The van der Waals surface area contributed by atoms with Crippen molar-refractivity contribution in [2.24, 2.45) is 0 Å². The molecular weight excluding hydrogens is 240 g/mol. The average molecular weight is 262 g/mol. The van der Waals surface area contributed by atoms with Gasteiger partial charge in [-0.1, -0.05) is 12.1 Å². The van der Waals surface area contributed by atoms with Crippen LogP contribution in [0.2, 0.25) is 0 Å². The molecule has 0 aromatic heterocycles. The van der Waals surface area contributed by atoms with Gasteiger partial charge in [-0.05, 0) is 38.0 Å². The van der Waals surface area contributed by atoms with Crippen LogP contribution in [0.1, 0.15) is 31.9 Å². The van der Waals surface area contributed by atoms with Gasteiger partial charge in [0.2, 0.25) is 5.91 Å². The SMILES string of the molecule is CC(O)CNCc1ccc2c(c1)C(C)(C)C(=O)N2C. The molecule has 0 spiro atoms. The Morgan fingerprint density at radius 1 is 1.42 bits per heavy atom. The second kappa shape index (κ2) is 4.94. The maximum Gasteiger partial charge on any atom is 0.236 e. The van der Waals surface area contributed by atoms with Gasteiger partial charge < -0.3 is 15.3 Å². The molecule has 1 unspecified atom stereocenters. The number of aliphatic hydroxyl groups excluding tert-OH is 1. The van der Waals surface area contributed by atoms with E-state index >= 15 is 0 Å². The zero-order valence-electron chi connectivity index (χ0n) is 12.0. The molecule has 2 rings (SSSR count). The Balaban J connectivity index is 2.21. The molecule has 104 valence electrons. The van der Waals surface area contributed by atoms with Crippen molar-refractivity contribution >= 4 is 11.6 Å². The van der Waals surface area contributed by atoms with Crippen LogP contribution in [0.5, 0.6) is 0 Å². The summed E-state index contributed by atoms with van der Waals surface area (Å²) in [5.74, 6) is 0.136. The highest BCUT2D eigenvalue weighted by molar-refractivity contribution is 6.07. The van der Waals surface area contributed by atoms with E-state index in [1.165, 1.54) is 0 Å². The molecule has 0 bridgehead atoms. The van der Waals surface area contributed by atoms with E-state index in [0.29, 0.717) is 13.1 Å². The van der Waals surface area contributed by atoms with Crippen molar-refractivity contribution in [3.05, 3.63) is 29.3 Å². The van der Waals surface area contributed by atoms with Crippen LogP contribution >= 0.6 is 0 Å². The number of nitrogens with zero attached hydrogens (tertiary/aromatic N) is 1. The highest BCUT2D eigenvalue weighted by Gasteiger charge is 2.42. The van der Waals surface area contributed by atoms with Gasteiger partial charge in [0.05, 0.1) is 11.5 Å². The van der Waals surface area contributed by atoms with Gasteiger partial charge in [0.1, 0.15) is 0 Å². The van der Waals surface area contributed by atoms with E-state index in [4.69, 9.17) is 0 Å². The maximum absolute atomic E-state index is 12.2. The summed E-state index contributed by atoms with van der Waals surface area (Å²) in [6.45, 7) is 6.95. The van der Waals surface area contributed by atoms with Crippen LogP contribution in [0, 0.1) is 0 Å². The van der Waals surface area contributed by atoms with Gasteiger partial charge in [0.15, 0.2) is 0 Å². The molecule has 0 saturated heterocycles. The molecule has 0 radical (unpaired) electrons. The number of anilines is 1. The highest BCUT2D eigenvalue weighted by Crippen LogP contribution is 2.40. The summed E-state index contributed by atoms with van der Waals surface area (Å²) in [7, 11) is 1.82. The largest absolute Gasteiger partial charge is 0.392 e. The quantitative estimate of drug-likeness (QED) is 0.862. The third-order valence-electron chi connectivity index (χ3n) is 3.70. The molecule has 1 aromatic carbocycles. The predicted molar refractivity (Wildman–Crippen MR) is 76.3 cm³/mol. The van der Waals surface area contributed by atoms with Gasteiger partial charge in [-0.15, -0.1) is 0 Å². The lowest BCUT2D eigenvalue weighted by Crippen LogP contribution is -2.33. The van der Waals surface area contributed by atoms with Crippen molar-refractivity contribution < 1.29 is 9.90 Å². The summed E-state index contributed by atoms with van der Waals surface area (Å²) in [6.07, 6.45) is -0.349. The van der Waals surface area contributed by atoms with Gasteiger partial charge in [-0.2, -0.15) is 0 Å². The summed E-state index contributed by atoms with van der Waals surface area (Å²) < 4.78 is 0. The number of hydrogen-bond acceptors (Lipinski definition) is 3. The first-order chi connectivity index (χ1) is 8.84. The molecule has 1 amide bonds. The number of likely N-dealkylation sites (N-methyl/N-ethyl adjacent to an activating group) is 1. The van der Waals surface area contributed by atoms with Crippen molar-refractivity contribution in [1.82, 2.24) is 5.32 Å². The van der Waals surface area contributed by atoms with E-state index in [1.807, 2.05) is 33.0 Å². The monoisotopic (exact) mass is 262 g/mol. The standard InChI is InChI=1S/C15H22N2O2/c1-10(18)8-16-9-11-5-6-13-12(7-11)15(2,3)14(19)17(13)4/h5-7,10,16,18H,8-9H2,1-4H3. The van der Waals surface area contributed by atoms with Gasteiger partial charge in [0.25, 0.3) is 0 Å². The maximum atomic E-state index is 12.2. The molecule has 0 saturated carbocycles. The number of fused-ring (bicyclic) bond motifs is 1. The fraction of sp³-hybridized carbons (Fsp3) is 0.533. The molecule has 1 atom stereocenters. The normalized spacial score (nSPS) is 18.6. The summed E-state index contributed by atoms with van der Waals surface area (Å²) in [5, 5.41) is 12.4. The molecule has 19 heavy (non-hydrogen) atoms. The fourth-order valence-electron chi connectivity index (χ4n) is 2.56. The van der Waals surface area contributed by atoms with E-state index in [-0.39, 0.29) is 12.0 Å². The third-order valence-corrected chi connectivity index (χ3v) is 3.70. The molecule has 4 nitrogen and oxygen atoms in total. The minimum absolute atomic E-state index is 0.136. The summed E-state index contributed by atoms with van der Waals surface area (Å²) >= 11 is 0. The summed E-state index contributed by atoms with van der Waals surface area (Å²) in [6, 6.07) is 6.12. The van der Waals surface area contributed by atoms with Crippen molar-refractivity contribution in [1.29, 1.82) is 0 Å². The van der Waals surface area contributed by atoms with E-state index in [2.05, 4.69) is 11.4 Å². The zero-order valence-corrected chi connectivity index (χ0v) is 12.0. The summed E-state index contributed by atoms with van der Waals surface area (Å²) in [4.78, 5) is 13.9. The second-order valence-corrected chi connectivity index (χ2v) is 5.82. The Labute approximate surface area is 114 Å². The van der Waals surface area contributed by atoms with Crippen molar-refractivity contribution in [3.63, 3.8) is 0 Å². The Morgan fingerprint density at radius 3 is 2.74 bits per heavy atom. The lowest BCUT2D eigenvalue weighted by molar-refractivity contribution is -0.121. The van der Waals surface area contributed by atoms with Crippen LogP contribution in [-0.4, -0.2) is 30.7 Å². The molecule has 1 aliphatic heterocycles. The van der Waals surface area contributed by atoms with E-state index in [0.717, 1.165) is 16.8 Å². The van der Waals surface area contributed by atoms with Crippen molar-refractivity contribution in [2.45, 2.75) is 38.8 Å². The van der Waals surface area contributed by atoms with Crippen LogP contribution < -0.4 is 10.2 Å². The second-order valence-electron chi connectivity index (χ2n) is 5.82. The van der Waals surface area contributed by atoms with E-state index in [9.17, 15) is 9.90 Å². The Morgan fingerprint density at radius 2 is 2.11 bits per heavy atom. The van der Waals surface area contributed by atoms with Crippen LogP contribution in [-0.2, 0) is 16.8 Å². The number of hydrogen-bond donors (Lipinski definition) is 2. The fourth-order valence-corrected chi connectivity index (χ4v) is 2.56. The Kier molecular flexibility index (Phi) is 3.65. The first-order valence-electron chi connectivity index (χ1n) is 6.64. The van der Waals surface area contributed by atoms with Gasteiger partial charge in [-0.25, -0.2) is 0 Å². The number of rotatable bonds is 4. The zero-order chi connectivity index (χ0) is 14.2. The molecule has 1 aromatic rings. The van der Waals surface area contributed by atoms with Crippen LogP contribution in [0.25, 0.3) is 0 Å². The smallest absolute Gasteiger partial charge is 0.236 e. The van der Waals surface area contributed by atoms with Crippen LogP contribution in [0.4, 0.5) is 5.69 Å². The topological polar surface area (TPSA) is 52.6 Å². The highest BCUT2D eigenvalue weighted by atomic mass is 16.3. The third kappa shape index (κ3) is 2.51. The summed E-state index contributed by atoms with van der Waals surface area (Å²) in [5.41, 5.74) is 2.76. The number of benzene rings is 1. The molecule has 0 aliphatic carbocycles. The average Bonchev–Trinajstić information content (AvgIpc) is 2.51. The molecule has 0 fully saturated rings. The van der Waals surface area contributed by atoms with Crippen LogP contribution in [0.3, 0.4) is 0 Å². The molecule has 4 heteroatoms. The van der Waals surface area contributed by atoms with Gasteiger partial charge in [0, 0.05) is 25.8 Å². The number of amides is 1. The number of aliphatic hydroxyl groups is 1. The molecule has 1 heterocycles. The van der Waals surface area contributed by atoms with E-state index < -0.39 is 5.41 Å². The van der Waals surface area contributed by atoms with Crippen molar-refractivity contribution in [3.8, 4) is 0 Å². The Hall–Kier alpha value is -1.39. The minimum Gasteiger partial charge on any atom is -0.392 e. The lowest BCUT2D eigenvalue weighted by atomic mass is 9.85. The number of carbonyl (C=O) groups excluding carboxylic acids is 1. The molecule has 1 aliphatic rings. The van der Waals surface area contributed by atoms with Crippen LogP contribution in [0.15, 0.2) is 18.2 Å². The minimum atomic E-state index is -0.454.